The fraction of sp³-hybridized carbons (Fsp3) is 0.333. The Labute approximate surface area is 316 Å². The van der Waals surface area contributed by atoms with E-state index in [1.807, 2.05) is 18.2 Å². The van der Waals surface area contributed by atoms with Crippen molar-refractivity contribution in [1.29, 1.82) is 0 Å². The molecule has 3 heterocycles. The van der Waals surface area contributed by atoms with Crippen molar-refractivity contribution in [2.24, 2.45) is 5.92 Å². The molecule has 2 aliphatic heterocycles. The number of aryl methyl sites for hydroxylation is 1. The van der Waals surface area contributed by atoms with Crippen LogP contribution < -0.4 is 9.47 Å². The molecule has 2 fully saturated rings. The first kappa shape index (κ1) is 32.5. The van der Waals surface area contributed by atoms with Gasteiger partial charge in [-0.15, -0.1) is 0 Å². The number of alkyl halides is 1. The predicted molar refractivity (Wildman–Crippen MR) is 209 cm³/mol. The first-order valence-corrected chi connectivity index (χ1v) is 19.9. The molecule has 5 nitrogen and oxygen atoms in total. The molecule has 54 heavy (non-hydrogen) atoms. The molecule has 1 saturated carbocycles. The van der Waals surface area contributed by atoms with Crippen molar-refractivity contribution >= 4 is 10.9 Å². The Morgan fingerprint density at radius 2 is 1.46 bits per heavy atom. The van der Waals surface area contributed by atoms with Gasteiger partial charge in [-0.05, 0) is 67.8 Å². The van der Waals surface area contributed by atoms with Gasteiger partial charge in [0.25, 0.3) is 0 Å². The van der Waals surface area contributed by atoms with Crippen LogP contribution >= 0.6 is 0 Å². The maximum absolute atomic E-state index is 14.0. The SMILES string of the molecule is O[C@@]12Cc3c(n(CCCF)c4ccccc34)[C@@H]3Oc4c(OC(c5ccccc5)(c5ccccc5)c5ccccc5)ccc5c4[C@@]31CCN(CC1CC1)[C@@H]2C5. The van der Waals surface area contributed by atoms with E-state index in [2.05, 4.69) is 119 Å². The smallest absolute Gasteiger partial charge is 0.184 e. The molecule has 5 aliphatic rings. The third-order valence-corrected chi connectivity index (χ3v) is 13.6. The number of fused-ring (bicyclic) bond motifs is 4. The zero-order valence-electron chi connectivity index (χ0n) is 30.5. The Bertz CT molecular complexity index is 2280. The lowest BCUT2D eigenvalue weighted by Gasteiger charge is -2.63. The second-order valence-corrected chi connectivity index (χ2v) is 16.4. The molecular formula is C48H45FN2O3. The number of hydrogen-bond acceptors (Lipinski definition) is 4. The largest absolute Gasteiger partial charge is 0.479 e. The Morgan fingerprint density at radius 3 is 2.11 bits per heavy atom. The number of likely N-dealkylation sites (tertiary alicyclic amines) is 1. The molecule has 1 aromatic heterocycles. The number of hydrogen-bond donors (Lipinski definition) is 1. The van der Waals surface area contributed by atoms with Crippen LogP contribution in [0, 0.1) is 5.92 Å². The summed E-state index contributed by atoms with van der Waals surface area (Å²) >= 11 is 0. The molecular weight excluding hydrogens is 672 g/mol. The van der Waals surface area contributed by atoms with E-state index in [9.17, 15) is 9.50 Å². The van der Waals surface area contributed by atoms with Gasteiger partial charge in [-0.3, -0.25) is 9.29 Å². The Balaban J connectivity index is 1.16. The maximum atomic E-state index is 14.0. The summed E-state index contributed by atoms with van der Waals surface area (Å²) in [7, 11) is 0. The molecule has 1 N–H and O–H groups in total. The maximum Gasteiger partial charge on any atom is 0.184 e. The quantitative estimate of drug-likeness (QED) is 0.144. The van der Waals surface area contributed by atoms with Gasteiger partial charge >= 0.3 is 0 Å². The highest BCUT2D eigenvalue weighted by atomic mass is 19.1. The van der Waals surface area contributed by atoms with Crippen molar-refractivity contribution in [3.8, 4) is 11.5 Å². The van der Waals surface area contributed by atoms with E-state index in [0.29, 0.717) is 25.1 Å². The minimum Gasteiger partial charge on any atom is -0.479 e. The molecule has 0 unspecified atom stereocenters. The second-order valence-electron chi connectivity index (χ2n) is 16.4. The molecule has 1 saturated heterocycles. The molecule has 3 aliphatic carbocycles. The number of piperidine rings is 1. The number of halogens is 1. The van der Waals surface area contributed by atoms with Crippen LogP contribution in [0.3, 0.4) is 0 Å². The summed E-state index contributed by atoms with van der Waals surface area (Å²) in [4.78, 5) is 2.61. The van der Waals surface area contributed by atoms with E-state index in [1.54, 1.807) is 0 Å². The first-order chi connectivity index (χ1) is 26.6. The van der Waals surface area contributed by atoms with Gasteiger partial charge in [-0.25, -0.2) is 0 Å². The normalized spacial score (nSPS) is 25.2. The van der Waals surface area contributed by atoms with Gasteiger partial charge in [0.15, 0.2) is 23.2 Å². The molecule has 6 aromatic rings. The topological polar surface area (TPSA) is 46.9 Å². The first-order valence-electron chi connectivity index (χ1n) is 19.9. The fourth-order valence-electron chi connectivity index (χ4n) is 11.2. The lowest BCUT2D eigenvalue weighted by atomic mass is 9.49. The predicted octanol–water partition coefficient (Wildman–Crippen LogP) is 9.07. The van der Waals surface area contributed by atoms with Gasteiger partial charge in [0, 0.05) is 58.7 Å². The zero-order valence-corrected chi connectivity index (χ0v) is 30.5. The van der Waals surface area contributed by atoms with Crippen LogP contribution in [0.1, 0.15) is 70.9 Å². The fourth-order valence-corrected chi connectivity index (χ4v) is 11.2. The zero-order chi connectivity index (χ0) is 36.1. The number of ether oxygens (including phenoxy) is 2. The number of benzene rings is 5. The Morgan fingerprint density at radius 1 is 0.815 bits per heavy atom. The van der Waals surface area contributed by atoms with Crippen molar-refractivity contribution in [3.05, 3.63) is 166 Å². The number of rotatable bonds is 10. The van der Waals surface area contributed by atoms with Crippen molar-refractivity contribution in [1.82, 2.24) is 9.47 Å². The van der Waals surface area contributed by atoms with Crippen LogP contribution in [0.25, 0.3) is 10.9 Å². The highest BCUT2D eigenvalue weighted by Crippen LogP contribution is 2.70. The average molecular weight is 717 g/mol. The number of nitrogens with zero attached hydrogens (tertiary/aromatic N) is 2. The van der Waals surface area contributed by atoms with E-state index in [-0.39, 0.29) is 12.7 Å². The molecule has 6 heteroatoms. The molecule has 272 valence electrons. The van der Waals surface area contributed by atoms with Crippen molar-refractivity contribution < 1.29 is 19.0 Å². The summed E-state index contributed by atoms with van der Waals surface area (Å²) in [6, 6.07) is 44.3. The van der Waals surface area contributed by atoms with E-state index in [1.165, 1.54) is 18.4 Å². The Kier molecular flexibility index (Phi) is 7.25. The summed E-state index contributed by atoms with van der Waals surface area (Å²) in [5.74, 6) is 2.13. The van der Waals surface area contributed by atoms with Gasteiger partial charge in [0.05, 0.1) is 23.4 Å². The van der Waals surface area contributed by atoms with E-state index in [4.69, 9.17) is 9.47 Å². The highest BCUT2D eigenvalue weighted by molar-refractivity contribution is 5.87. The highest BCUT2D eigenvalue weighted by Gasteiger charge is 2.73. The van der Waals surface area contributed by atoms with Crippen LogP contribution in [0.4, 0.5) is 4.39 Å². The molecule has 0 amide bonds. The van der Waals surface area contributed by atoms with Gasteiger partial charge in [-0.1, -0.05) is 115 Å². The average Bonchev–Trinajstić information content (AvgIpc) is 3.89. The molecule has 1 spiro atoms. The summed E-state index contributed by atoms with van der Waals surface area (Å²) < 4.78 is 31.4. The summed E-state index contributed by atoms with van der Waals surface area (Å²) in [6.07, 6.45) is 4.63. The molecule has 0 radical (unpaired) electrons. The Hall–Kier alpha value is -4.91. The van der Waals surface area contributed by atoms with E-state index in [0.717, 1.165) is 82.0 Å². The third-order valence-electron chi connectivity index (χ3n) is 13.6. The van der Waals surface area contributed by atoms with E-state index < -0.39 is 22.7 Å². The molecule has 2 bridgehead atoms. The summed E-state index contributed by atoms with van der Waals surface area (Å²) in [6.45, 7) is 2.12. The molecule has 5 aromatic carbocycles. The lowest BCUT2D eigenvalue weighted by molar-refractivity contribution is -0.173. The van der Waals surface area contributed by atoms with Gasteiger partial charge < -0.3 is 19.1 Å². The number of para-hydroxylation sites is 1. The van der Waals surface area contributed by atoms with Crippen LogP contribution in [0.5, 0.6) is 11.5 Å². The second kappa shape index (κ2) is 12.0. The van der Waals surface area contributed by atoms with Crippen LogP contribution in [-0.4, -0.2) is 46.0 Å². The molecule has 4 atom stereocenters. The third kappa shape index (κ3) is 4.38. The van der Waals surface area contributed by atoms with Crippen LogP contribution in [0.2, 0.25) is 0 Å². The minimum absolute atomic E-state index is 0.0266. The van der Waals surface area contributed by atoms with Crippen LogP contribution in [-0.2, 0) is 30.4 Å². The van der Waals surface area contributed by atoms with Gasteiger partial charge in [-0.2, -0.15) is 0 Å². The van der Waals surface area contributed by atoms with E-state index >= 15 is 0 Å². The van der Waals surface area contributed by atoms with Crippen molar-refractivity contribution in [2.75, 3.05) is 19.8 Å². The summed E-state index contributed by atoms with van der Waals surface area (Å²) in [5, 5.41) is 14.9. The van der Waals surface area contributed by atoms with Gasteiger partial charge in [0.1, 0.15) is 0 Å². The standard InChI is InChI=1S/C48H45FN2O3/c49-26-12-27-51-39-20-11-10-19-37(39)38-30-47(52)41-29-33-23-24-40(44-42(33)46(47,45(53-44)43(38)51)25-28-50(41)31-32-21-22-32)54-48(34-13-4-1-5-14-34,35-15-6-2-7-16-35)36-17-8-3-9-18-36/h1-11,13-20,23-24,32,41,45,52H,12,21-22,25-31H2/t41-,45+,46+,47-/m1/s1. The lowest BCUT2D eigenvalue weighted by Crippen LogP contribution is -2.74. The van der Waals surface area contributed by atoms with Crippen molar-refractivity contribution in [2.45, 2.75) is 73.8 Å². The minimum atomic E-state index is -1.06. The summed E-state index contributed by atoms with van der Waals surface area (Å²) in [5.41, 5.74) is 6.01. The monoisotopic (exact) mass is 716 g/mol. The van der Waals surface area contributed by atoms with Crippen LogP contribution in [0.15, 0.2) is 127 Å². The number of aliphatic hydroxyl groups is 1. The van der Waals surface area contributed by atoms with Crippen molar-refractivity contribution in [3.63, 3.8) is 0 Å². The van der Waals surface area contributed by atoms with Gasteiger partial charge in [0.2, 0.25) is 0 Å². The number of aromatic nitrogens is 1. The molecule has 11 rings (SSSR count).